The SMILES string of the molecule is O=C(OCC(=O)N1CCCCCC1)c1ccc2c(c1)OCO2. The highest BCUT2D eigenvalue weighted by molar-refractivity contribution is 5.92. The Morgan fingerprint density at radius 2 is 1.77 bits per heavy atom. The van der Waals surface area contributed by atoms with Crippen molar-refractivity contribution >= 4 is 11.9 Å². The van der Waals surface area contributed by atoms with Crippen LogP contribution in [0, 0.1) is 0 Å². The minimum absolute atomic E-state index is 0.129. The van der Waals surface area contributed by atoms with Gasteiger partial charge in [0.05, 0.1) is 5.56 Å². The largest absolute Gasteiger partial charge is 0.454 e. The number of nitrogens with zero attached hydrogens (tertiary/aromatic N) is 1. The van der Waals surface area contributed by atoms with Crippen molar-refractivity contribution in [2.75, 3.05) is 26.5 Å². The Bertz CT molecular complexity index is 564. The van der Waals surface area contributed by atoms with Crippen LogP contribution in [0.4, 0.5) is 0 Å². The van der Waals surface area contributed by atoms with E-state index in [-0.39, 0.29) is 19.3 Å². The fraction of sp³-hybridized carbons (Fsp3) is 0.500. The van der Waals surface area contributed by atoms with Gasteiger partial charge >= 0.3 is 5.97 Å². The van der Waals surface area contributed by atoms with Gasteiger partial charge in [0.1, 0.15) is 0 Å². The van der Waals surface area contributed by atoms with Crippen LogP contribution in [0.15, 0.2) is 18.2 Å². The van der Waals surface area contributed by atoms with Crippen molar-refractivity contribution in [3.05, 3.63) is 23.8 Å². The molecule has 2 heterocycles. The third-order valence-corrected chi connectivity index (χ3v) is 3.89. The molecule has 0 aliphatic carbocycles. The molecule has 1 aromatic carbocycles. The number of carbonyl (C=O) groups excluding carboxylic acids is 2. The van der Waals surface area contributed by atoms with Crippen LogP contribution in [0.25, 0.3) is 0 Å². The van der Waals surface area contributed by atoms with Gasteiger partial charge in [-0.05, 0) is 31.0 Å². The van der Waals surface area contributed by atoms with Crippen molar-refractivity contribution in [1.82, 2.24) is 4.90 Å². The Balaban J connectivity index is 1.54. The molecule has 0 aromatic heterocycles. The van der Waals surface area contributed by atoms with Crippen LogP contribution in [-0.2, 0) is 9.53 Å². The topological polar surface area (TPSA) is 65.1 Å². The zero-order chi connectivity index (χ0) is 15.4. The van der Waals surface area contributed by atoms with E-state index in [1.165, 1.54) is 0 Å². The van der Waals surface area contributed by atoms with Crippen LogP contribution in [0.5, 0.6) is 11.5 Å². The summed E-state index contributed by atoms with van der Waals surface area (Å²) >= 11 is 0. The van der Waals surface area contributed by atoms with E-state index in [1.54, 1.807) is 23.1 Å². The first-order chi connectivity index (χ1) is 10.7. The molecule has 0 spiro atoms. The molecule has 3 rings (SSSR count). The lowest BCUT2D eigenvalue weighted by Crippen LogP contribution is -2.35. The predicted molar refractivity (Wildman–Crippen MR) is 77.9 cm³/mol. The zero-order valence-electron chi connectivity index (χ0n) is 12.4. The first-order valence-corrected chi connectivity index (χ1v) is 7.58. The molecule has 0 N–H and O–H groups in total. The number of likely N-dealkylation sites (tertiary alicyclic amines) is 1. The van der Waals surface area contributed by atoms with Gasteiger partial charge in [-0.15, -0.1) is 0 Å². The molecule has 0 saturated carbocycles. The highest BCUT2D eigenvalue weighted by atomic mass is 16.7. The van der Waals surface area contributed by atoms with Gasteiger partial charge in [0, 0.05) is 13.1 Å². The van der Waals surface area contributed by atoms with Gasteiger partial charge < -0.3 is 19.1 Å². The summed E-state index contributed by atoms with van der Waals surface area (Å²) in [4.78, 5) is 25.9. The minimum atomic E-state index is -0.526. The summed E-state index contributed by atoms with van der Waals surface area (Å²) in [6.07, 6.45) is 4.34. The van der Waals surface area contributed by atoms with E-state index in [4.69, 9.17) is 14.2 Å². The summed E-state index contributed by atoms with van der Waals surface area (Å²) in [6.45, 7) is 1.44. The Kier molecular flexibility index (Phi) is 4.46. The smallest absolute Gasteiger partial charge is 0.338 e. The molecule has 118 valence electrons. The second-order valence-electron chi connectivity index (χ2n) is 5.44. The average Bonchev–Trinajstić information content (AvgIpc) is 2.83. The van der Waals surface area contributed by atoms with Gasteiger partial charge in [-0.25, -0.2) is 4.79 Å². The van der Waals surface area contributed by atoms with E-state index < -0.39 is 5.97 Å². The van der Waals surface area contributed by atoms with Crippen molar-refractivity contribution < 1.29 is 23.8 Å². The van der Waals surface area contributed by atoms with Gasteiger partial charge in [0.15, 0.2) is 18.1 Å². The molecule has 0 bridgehead atoms. The number of hydrogen-bond donors (Lipinski definition) is 0. The van der Waals surface area contributed by atoms with Gasteiger partial charge in [-0.3, -0.25) is 4.79 Å². The highest BCUT2D eigenvalue weighted by Crippen LogP contribution is 2.32. The Morgan fingerprint density at radius 1 is 1.05 bits per heavy atom. The van der Waals surface area contributed by atoms with Gasteiger partial charge in [0.25, 0.3) is 5.91 Å². The van der Waals surface area contributed by atoms with Crippen LogP contribution >= 0.6 is 0 Å². The molecule has 6 heteroatoms. The van der Waals surface area contributed by atoms with Crippen LogP contribution in [0.3, 0.4) is 0 Å². The molecule has 2 aliphatic rings. The van der Waals surface area contributed by atoms with Crippen LogP contribution in [0.2, 0.25) is 0 Å². The standard InChI is InChI=1S/C16H19NO5/c18-15(17-7-3-1-2-4-8-17)10-20-16(19)12-5-6-13-14(9-12)22-11-21-13/h5-6,9H,1-4,7-8,10-11H2. The first-order valence-electron chi connectivity index (χ1n) is 7.58. The second-order valence-corrected chi connectivity index (χ2v) is 5.44. The summed E-state index contributed by atoms with van der Waals surface area (Å²) in [6, 6.07) is 4.84. The normalized spacial score (nSPS) is 17.0. The number of amides is 1. The number of hydrogen-bond acceptors (Lipinski definition) is 5. The van der Waals surface area contributed by atoms with Crippen molar-refractivity contribution in [2.45, 2.75) is 25.7 Å². The zero-order valence-corrected chi connectivity index (χ0v) is 12.4. The van der Waals surface area contributed by atoms with Crippen LogP contribution < -0.4 is 9.47 Å². The average molecular weight is 305 g/mol. The monoisotopic (exact) mass is 305 g/mol. The molecule has 6 nitrogen and oxygen atoms in total. The summed E-state index contributed by atoms with van der Waals surface area (Å²) in [5, 5.41) is 0. The van der Waals surface area contributed by atoms with E-state index in [9.17, 15) is 9.59 Å². The minimum Gasteiger partial charge on any atom is -0.454 e. The maximum Gasteiger partial charge on any atom is 0.338 e. The van der Waals surface area contributed by atoms with Crippen molar-refractivity contribution in [3.63, 3.8) is 0 Å². The quantitative estimate of drug-likeness (QED) is 0.799. The molecule has 0 radical (unpaired) electrons. The van der Waals surface area contributed by atoms with E-state index in [0.29, 0.717) is 17.1 Å². The molecule has 22 heavy (non-hydrogen) atoms. The molecule has 2 aliphatic heterocycles. The van der Waals surface area contributed by atoms with Gasteiger partial charge in [0.2, 0.25) is 6.79 Å². The molecule has 0 unspecified atom stereocenters. The molecule has 1 saturated heterocycles. The lowest BCUT2D eigenvalue weighted by Gasteiger charge is -2.19. The lowest BCUT2D eigenvalue weighted by molar-refractivity contribution is -0.134. The summed E-state index contributed by atoms with van der Waals surface area (Å²) in [5.41, 5.74) is 0.355. The number of carbonyl (C=O) groups is 2. The fourth-order valence-electron chi connectivity index (χ4n) is 2.65. The maximum atomic E-state index is 12.1. The molecule has 1 amide bonds. The van der Waals surface area contributed by atoms with E-state index in [1.807, 2.05) is 0 Å². The fourth-order valence-corrected chi connectivity index (χ4v) is 2.65. The van der Waals surface area contributed by atoms with Crippen molar-refractivity contribution in [3.8, 4) is 11.5 Å². The number of benzene rings is 1. The Labute approximate surface area is 128 Å². The number of fused-ring (bicyclic) bond motifs is 1. The molecular formula is C16H19NO5. The van der Waals surface area contributed by atoms with Crippen molar-refractivity contribution in [2.24, 2.45) is 0 Å². The first kappa shape index (κ1) is 14.7. The molecule has 0 atom stereocenters. The van der Waals surface area contributed by atoms with E-state index in [0.717, 1.165) is 38.8 Å². The third-order valence-electron chi connectivity index (χ3n) is 3.89. The maximum absolute atomic E-state index is 12.1. The van der Waals surface area contributed by atoms with Gasteiger partial charge in [-0.2, -0.15) is 0 Å². The number of esters is 1. The Hall–Kier alpha value is -2.24. The number of ether oxygens (including phenoxy) is 3. The molecule has 1 aromatic rings. The van der Waals surface area contributed by atoms with Crippen molar-refractivity contribution in [1.29, 1.82) is 0 Å². The lowest BCUT2D eigenvalue weighted by atomic mass is 10.2. The summed E-state index contributed by atoms with van der Waals surface area (Å²) < 4.78 is 15.5. The summed E-state index contributed by atoms with van der Waals surface area (Å²) in [7, 11) is 0. The van der Waals surface area contributed by atoms with E-state index in [2.05, 4.69) is 0 Å². The van der Waals surface area contributed by atoms with E-state index >= 15 is 0 Å². The second kappa shape index (κ2) is 6.68. The highest BCUT2D eigenvalue weighted by Gasteiger charge is 2.20. The van der Waals surface area contributed by atoms with Gasteiger partial charge in [-0.1, -0.05) is 12.8 Å². The molecular weight excluding hydrogens is 286 g/mol. The predicted octanol–water partition coefficient (Wildman–Crippen LogP) is 1.97. The summed E-state index contributed by atoms with van der Waals surface area (Å²) in [5.74, 6) is 0.475. The molecule has 1 fully saturated rings. The van der Waals surface area contributed by atoms with Crippen LogP contribution in [0.1, 0.15) is 36.0 Å². The third kappa shape index (κ3) is 3.32. The number of rotatable bonds is 3. The Morgan fingerprint density at radius 3 is 2.55 bits per heavy atom. The van der Waals surface area contributed by atoms with Crippen LogP contribution in [-0.4, -0.2) is 43.3 Å².